The fourth-order valence-electron chi connectivity index (χ4n) is 3.34. The van der Waals surface area contributed by atoms with Crippen LogP contribution in [0.3, 0.4) is 0 Å². The van der Waals surface area contributed by atoms with E-state index < -0.39 is 0 Å². The van der Waals surface area contributed by atoms with Crippen LogP contribution in [0.15, 0.2) is 66.7 Å². The van der Waals surface area contributed by atoms with Gasteiger partial charge in [0, 0.05) is 11.6 Å². The Balaban J connectivity index is 1.60. The van der Waals surface area contributed by atoms with E-state index in [2.05, 4.69) is 13.0 Å². The molecule has 0 saturated heterocycles. The van der Waals surface area contributed by atoms with Crippen molar-refractivity contribution in [3.05, 3.63) is 77.9 Å². The number of aliphatic hydroxyl groups excluding tert-OH is 1. The molecule has 3 rings (SSSR count). The zero-order valence-electron chi connectivity index (χ0n) is 18.3. The molecule has 0 heterocycles. The first-order valence-corrected chi connectivity index (χ1v) is 10.8. The predicted octanol–water partition coefficient (Wildman–Crippen LogP) is 4.42. The SMILES string of the molecule is CCCc1cc(-c2ccc(C(=N)N)cc2)ccc1OCCOc1cccc(OCCO)c1. The van der Waals surface area contributed by atoms with Crippen molar-refractivity contribution in [2.45, 2.75) is 19.8 Å². The molecule has 0 radical (unpaired) electrons. The molecule has 0 aliphatic carbocycles. The number of ether oxygens (including phenoxy) is 3. The average Bonchev–Trinajstić information content (AvgIpc) is 2.81. The zero-order chi connectivity index (χ0) is 22.8. The van der Waals surface area contributed by atoms with Crippen LogP contribution < -0.4 is 19.9 Å². The predicted molar refractivity (Wildman–Crippen MR) is 127 cm³/mol. The number of nitrogens with two attached hydrogens (primary N) is 1. The maximum atomic E-state index is 8.87. The van der Waals surface area contributed by atoms with Crippen LogP contribution >= 0.6 is 0 Å². The van der Waals surface area contributed by atoms with Gasteiger partial charge in [-0.2, -0.15) is 0 Å². The molecule has 32 heavy (non-hydrogen) atoms. The number of rotatable bonds is 12. The molecule has 0 fully saturated rings. The van der Waals surface area contributed by atoms with Gasteiger partial charge in [-0.1, -0.05) is 49.7 Å². The van der Waals surface area contributed by atoms with Crippen molar-refractivity contribution in [2.75, 3.05) is 26.4 Å². The second-order valence-corrected chi connectivity index (χ2v) is 7.31. The molecule has 3 aromatic rings. The van der Waals surface area contributed by atoms with E-state index in [0.717, 1.165) is 35.3 Å². The summed E-state index contributed by atoms with van der Waals surface area (Å²) in [7, 11) is 0. The lowest BCUT2D eigenvalue weighted by Gasteiger charge is -2.14. The first-order valence-electron chi connectivity index (χ1n) is 10.8. The van der Waals surface area contributed by atoms with Gasteiger partial charge < -0.3 is 25.1 Å². The number of aryl methyl sites for hydroxylation is 1. The Hall–Kier alpha value is -3.51. The topological polar surface area (TPSA) is 97.8 Å². The first-order chi connectivity index (χ1) is 15.6. The third kappa shape index (κ3) is 6.49. The molecule has 3 aromatic carbocycles. The fraction of sp³-hybridized carbons (Fsp3) is 0.269. The van der Waals surface area contributed by atoms with E-state index in [-0.39, 0.29) is 19.0 Å². The minimum atomic E-state index is -0.0263. The molecule has 0 aliphatic heterocycles. The van der Waals surface area contributed by atoms with Crippen molar-refractivity contribution < 1.29 is 19.3 Å². The van der Waals surface area contributed by atoms with Crippen LogP contribution in [0.1, 0.15) is 24.5 Å². The molecule has 0 bridgehead atoms. The Morgan fingerprint density at radius 3 is 2.16 bits per heavy atom. The summed E-state index contributed by atoms with van der Waals surface area (Å²) in [5.41, 5.74) is 9.60. The molecule has 0 amide bonds. The average molecular weight is 435 g/mol. The number of hydrogen-bond acceptors (Lipinski definition) is 5. The van der Waals surface area contributed by atoms with E-state index in [0.29, 0.717) is 30.3 Å². The minimum Gasteiger partial charge on any atom is -0.491 e. The number of benzene rings is 3. The van der Waals surface area contributed by atoms with E-state index in [1.54, 1.807) is 6.07 Å². The highest BCUT2D eigenvalue weighted by Crippen LogP contribution is 2.28. The summed E-state index contributed by atoms with van der Waals surface area (Å²) in [5, 5.41) is 16.4. The molecule has 6 heteroatoms. The Bertz CT molecular complexity index is 1020. The lowest BCUT2D eigenvalue weighted by Crippen LogP contribution is -2.10. The fourth-order valence-corrected chi connectivity index (χ4v) is 3.34. The van der Waals surface area contributed by atoms with Gasteiger partial charge in [0.25, 0.3) is 0 Å². The summed E-state index contributed by atoms with van der Waals surface area (Å²) in [6.45, 7) is 3.20. The van der Waals surface area contributed by atoms with Crippen LogP contribution in [0.2, 0.25) is 0 Å². The van der Waals surface area contributed by atoms with Gasteiger partial charge in [-0.25, -0.2) is 0 Å². The summed E-state index contributed by atoms with van der Waals surface area (Å²) in [4.78, 5) is 0. The van der Waals surface area contributed by atoms with Gasteiger partial charge in [0.1, 0.15) is 42.9 Å². The maximum absolute atomic E-state index is 8.87. The van der Waals surface area contributed by atoms with Crippen LogP contribution in [0.4, 0.5) is 0 Å². The summed E-state index contributed by atoms with van der Waals surface area (Å²) >= 11 is 0. The van der Waals surface area contributed by atoms with E-state index in [4.69, 9.17) is 30.5 Å². The molecule has 6 nitrogen and oxygen atoms in total. The molecule has 0 aromatic heterocycles. The minimum absolute atomic E-state index is 0.0263. The lowest BCUT2D eigenvalue weighted by molar-refractivity contribution is 0.198. The van der Waals surface area contributed by atoms with Crippen molar-refractivity contribution in [3.63, 3.8) is 0 Å². The van der Waals surface area contributed by atoms with Crippen LogP contribution in [-0.2, 0) is 6.42 Å². The van der Waals surface area contributed by atoms with E-state index in [1.807, 2.05) is 54.6 Å². The lowest BCUT2D eigenvalue weighted by atomic mass is 9.99. The van der Waals surface area contributed by atoms with Crippen LogP contribution in [0.25, 0.3) is 11.1 Å². The van der Waals surface area contributed by atoms with E-state index in [1.165, 1.54) is 0 Å². The Morgan fingerprint density at radius 2 is 1.50 bits per heavy atom. The van der Waals surface area contributed by atoms with Gasteiger partial charge in [-0.05, 0) is 47.4 Å². The number of amidine groups is 1. The number of nitrogen functional groups attached to an aromatic ring is 1. The summed E-state index contributed by atoms with van der Waals surface area (Å²) in [6, 6.07) is 21.2. The van der Waals surface area contributed by atoms with Gasteiger partial charge in [-0.15, -0.1) is 0 Å². The second-order valence-electron chi connectivity index (χ2n) is 7.31. The van der Waals surface area contributed by atoms with Crippen molar-refractivity contribution in [1.82, 2.24) is 0 Å². The van der Waals surface area contributed by atoms with Crippen LogP contribution in [0.5, 0.6) is 17.2 Å². The molecule has 168 valence electrons. The van der Waals surface area contributed by atoms with Crippen LogP contribution in [0, 0.1) is 5.41 Å². The standard InChI is InChI=1S/C26H30N2O4/c1-2-4-22-17-21(19-7-9-20(10-8-19)26(27)28)11-12-25(22)32-16-15-31-24-6-3-5-23(18-24)30-14-13-29/h3,5-12,17-18,29H,2,4,13-16H2,1H3,(H3,27,28). The van der Waals surface area contributed by atoms with E-state index in [9.17, 15) is 0 Å². The van der Waals surface area contributed by atoms with Gasteiger partial charge >= 0.3 is 0 Å². The number of aliphatic hydroxyl groups is 1. The van der Waals surface area contributed by atoms with Gasteiger partial charge in [-0.3, -0.25) is 5.41 Å². The summed E-state index contributed by atoms with van der Waals surface area (Å²) in [5.74, 6) is 2.29. The first kappa shape index (κ1) is 23.2. The molecule has 0 atom stereocenters. The van der Waals surface area contributed by atoms with Gasteiger partial charge in [0.05, 0.1) is 6.61 Å². The second kappa shape index (κ2) is 11.8. The molecule has 4 N–H and O–H groups in total. The highest BCUT2D eigenvalue weighted by Gasteiger charge is 2.08. The molecule has 0 unspecified atom stereocenters. The van der Waals surface area contributed by atoms with Crippen molar-refractivity contribution in [3.8, 4) is 28.4 Å². The number of nitrogens with one attached hydrogen (secondary N) is 1. The molecule has 0 saturated carbocycles. The molecule has 0 aliphatic rings. The molecule has 0 spiro atoms. The highest BCUT2D eigenvalue weighted by atomic mass is 16.5. The highest BCUT2D eigenvalue weighted by molar-refractivity contribution is 5.95. The normalized spacial score (nSPS) is 10.6. The van der Waals surface area contributed by atoms with Crippen molar-refractivity contribution >= 4 is 5.84 Å². The summed E-state index contributed by atoms with van der Waals surface area (Å²) in [6.07, 6.45) is 1.93. The van der Waals surface area contributed by atoms with Gasteiger partial charge in [0.15, 0.2) is 0 Å². The van der Waals surface area contributed by atoms with Crippen molar-refractivity contribution in [2.24, 2.45) is 5.73 Å². The Morgan fingerprint density at radius 1 is 0.844 bits per heavy atom. The van der Waals surface area contributed by atoms with E-state index >= 15 is 0 Å². The maximum Gasteiger partial charge on any atom is 0.123 e. The monoisotopic (exact) mass is 434 g/mol. The summed E-state index contributed by atoms with van der Waals surface area (Å²) < 4.78 is 17.2. The van der Waals surface area contributed by atoms with Crippen molar-refractivity contribution in [1.29, 1.82) is 5.41 Å². The smallest absolute Gasteiger partial charge is 0.123 e. The van der Waals surface area contributed by atoms with Crippen LogP contribution in [-0.4, -0.2) is 37.4 Å². The zero-order valence-corrected chi connectivity index (χ0v) is 18.3. The third-order valence-corrected chi connectivity index (χ3v) is 4.88. The number of hydrogen-bond donors (Lipinski definition) is 3. The molecular weight excluding hydrogens is 404 g/mol. The largest absolute Gasteiger partial charge is 0.491 e. The van der Waals surface area contributed by atoms with Gasteiger partial charge in [0.2, 0.25) is 0 Å². The Labute approximate surface area is 189 Å². The quantitative estimate of drug-likeness (QED) is 0.223. The third-order valence-electron chi connectivity index (χ3n) is 4.88. The Kier molecular flexibility index (Phi) is 8.52. The molecular formula is C26H30N2O4.